The molecule has 1 aliphatic heterocycles. The van der Waals surface area contributed by atoms with Crippen LogP contribution in [0.15, 0.2) is 65.7 Å². The smallest absolute Gasteiger partial charge is 0.238 e. The van der Waals surface area contributed by atoms with Crippen molar-refractivity contribution in [3.8, 4) is 17.0 Å². The van der Waals surface area contributed by atoms with Gasteiger partial charge < -0.3 is 9.64 Å². The van der Waals surface area contributed by atoms with E-state index >= 15 is 0 Å². The van der Waals surface area contributed by atoms with Crippen molar-refractivity contribution in [3.63, 3.8) is 0 Å². The normalized spacial score (nSPS) is 14.5. The molecular formula is C26H27N3O2S. The fourth-order valence-electron chi connectivity index (χ4n) is 4.11. The number of rotatable bonds is 5. The maximum absolute atomic E-state index is 13.3. The molecule has 1 aliphatic rings. The van der Waals surface area contributed by atoms with Gasteiger partial charge in [-0.05, 0) is 81.3 Å². The Bertz CT molecular complexity index is 1170. The number of nitrogens with zero attached hydrogens (tertiary/aromatic N) is 3. The quantitative estimate of drug-likeness (QED) is 0.466. The number of amides is 1. The van der Waals surface area contributed by atoms with E-state index in [0.717, 1.165) is 38.8 Å². The lowest BCUT2D eigenvalue weighted by atomic mass is 9.88. The first-order valence-corrected chi connectivity index (χ1v) is 11.5. The second kappa shape index (κ2) is 8.79. The van der Waals surface area contributed by atoms with Crippen LogP contribution in [-0.4, -0.2) is 34.5 Å². The van der Waals surface area contributed by atoms with Crippen LogP contribution >= 0.6 is 11.8 Å². The van der Waals surface area contributed by atoms with E-state index in [1.54, 1.807) is 7.11 Å². The molecule has 0 saturated carbocycles. The van der Waals surface area contributed by atoms with Gasteiger partial charge in [-0.15, -0.1) is 10.2 Å². The number of benzene rings is 2. The minimum absolute atomic E-state index is 0.0524. The molecule has 32 heavy (non-hydrogen) atoms. The van der Waals surface area contributed by atoms with Gasteiger partial charge in [0.15, 0.2) is 0 Å². The number of methoxy groups -OCH3 is 1. The van der Waals surface area contributed by atoms with Crippen LogP contribution in [0.2, 0.25) is 0 Å². The average molecular weight is 446 g/mol. The lowest BCUT2D eigenvalue weighted by Crippen LogP contribution is -2.49. The number of aryl methyl sites for hydroxylation is 1. The zero-order chi connectivity index (χ0) is 22.9. The standard InChI is InChI=1S/C26H27N3O2S/c1-17-6-11-21-18(2)15-26(3,4)29(23(21)14-17)25(30)16-32-24-13-12-22(27-28-24)19-7-9-20(31-5)10-8-19/h6-15H,16H2,1-5H3. The Morgan fingerprint density at radius 3 is 2.44 bits per heavy atom. The maximum atomic E-state index is 13.3. The van der Waals surface area contributed by atoms with E-state index in [9.17, 15) is 4.79 Å². The zero-order valence-electron chi connectivity index (χ0n) is 19.0. The average Bonchev–Trinajstić information content (AvgIpc) is 2.77. The monoisotopic (exact) mass is 445 g/mol. The molecule has 0 N–H and O–H groups in total. The molecule has 4 rings (SSSR count). The summed E-state index contributed by atoms with van der Waals surface area (Å²) >= 11 is 1.41. The van der Waals surface area contributed by atoms with Gasteiger partial charge in [0.2, 0.25) is 5.91 Å². The van der Waals surface area contributed by atoms with Crippen molar-refractivity contribution >= 4 is 28.9 Å². The summed E-state index contributed by atoms with van der Waals surface area (Å²) in [6.45, 7) is 8.31. The van der Waals surface area contributed by atoms with Gasteiger partial charge in [-0.2, -0.15) is 0 Å². The van der Waals surface area contributed by atoms with E-state index in [4.69, 9.17) is 4.74 Å². The second-order valence-electron chi connectivity index (χ2n) is 8.50. The number of allylic oxidation sites excluding steroid dienone is 1. The Balaban J connectivity index is 1.49. The van der Waals surface area contributed by atoms with Crippen LogP contribution in [0.25, 0.3) is 16.8 Å². The summed E-state index contributed by atoms with van der Waals surface area (Å²) in [5.74, 6) is 1.15. The predicted molar refractivity (Wildman–Crippen MR) is 131 cm³/mol. The van der Waals surface area contributed by atoms with Crippen LogP contribution in [0.1, 0.15) is 31.9 Å². The highest BCUT2D eigenvalue weighted by Gasteiger charge is 2.35. The molecule has 2 aromatic carbocycles. The van der Waals surface area contributed by atoms with E-state index in [1.807, 2.05) is 41.3 Å². The molecule has 0 fully saturated rings. The van der Waals surface area contributed by atoms with Crippen molar-refractivity contribution in [2.24, 2.45) is 0 Å². The van der Waals surface area contributed by atoms with Crippen LogP contribution in [0, 0.1) is 6.92 Å². The third-order valence-corrected chi connectivity index (χ3v) is 6.49. The lowest BCUT2D eigenvalue weighted by Gasteiger charge is -2.41. The lowest BCUT2D eigenvalue weighted by molar-refractivity contribution is -0.116. The predicted octanol–water partition coefficient (Wildman–Crippen LogP) is 5.78. The van der Waals surface area contributed by atoms with Gasteiger partial charge in [0.1, 0.15) is 10.8 Å². The summed E-state index contributed by atoms with van der Waals surface area (Å²) in [5.41, 5.74) is 5.77. The summed E-state index contributed by atoms with van der Waals surface area (Å²) in [7, 11) is 1.64. The highest BCUT2D eigenvalue weighted by molar-refractivity contribution is 7.99. The van der Waals surface area contributed by atoms with Crippen molar-refractivity contribution in [1.29, 1.82) is 0 Å². The summed E-state index contributed by atoms with van der Waals surface area (Å²) < 4.78 is 5.20. The number of carbonyl (C=O) groups excluding carboxylic acids is 1. The summed E-state index contributed by atoms with van der Waals surface area (Å²) in [6, 6.07) is 17.8. The molecule has 5 nitrogen and oxygen atoms in total. The molecule has 0 aliphatic carbocycles. The summed E-state index contributed by atoms with van der Waals surface area (Å²) in [6.07, 6.45) is 2.16. The van der Waals surface area contributed by atoms with Gasteiger partial charge >= 0.3 is 0 Å². The number of fused-ring (bicyclic) bond motifs is 1. The molecule has 0 atom stereocenters. The van der Waals surface area contributed by atoms with Gasteiger partial charge in [-0.25, -0.2) is 0 Å². The summed E-state index contributed by atoms with van der Waals surface area (Å²) in [4.78, 5) is 15.2. The van der Waals surface area contributed by atoms with Crippen LogP contribution in [0.3, 0.4) is 0 Å². The van der Waals surface area contributed by atoms with Gasteiger partial charge in [0, 0.05) is 11.1 Å². The largest absolute Gasteiger partial charge is 0.497 e. The molecule has 0 radical (unpaired) electrons. The van der Waals surface area contributed by atoms with Crippen LogP contribution in [0.5, 0.6) is 5.75 Å². The Morgan fingerprint density at radius 1 is 1.03 bits per heavy atom. The van der Waals surface area contributed by atoms with E-state index in [0.29, 0.717) is 5.75 Å². The number of hydrogen-bond donors (Lipinski definition) is 0. The number of carbonyl (C=O) groups is 1. The molecule has 0 saturated heterocycles. The number of ether oxygens (including phenoxy) is 1. The Morgan fingerprint density at radius 2 is 1.78 bits per heavy atom. The van der Waals surface area contributed by atoms with E-state index in [1.165, 1.54) is 17.3 Å². The minimum Gasteiger partial charge on any atom is -0.497 e. The van der Waals surface area contributed by atoms with Gasteiger partial charge in [-0.1, -0.05) is 30.0 Å². The molecule has 0 spiro atoms. The fourth-order valence-corrected chi connectivity index (χ4v) is 4.77. The number of anilines is 1. The molecule has 164 valence electrons. The van der Waals surface area contributed by atoms with Gasteiger partial charge in [-0.3, -0.25) is 4.79 Å². The van der Waals surface area contributed by atoms with Crippen molar-refractivity contribution in [2.75, 3.05) is 17.8 Å². The number of hydrogen-bond acceptors (Lipinski definition) is 5. The van der Waals surface area contributed by atoms with Crippen molar-refractivity contribution < 1.29 is 9.53 Å². The maximum Gasteiger partial charge on any atom is 0.238 e. The fraction of sp³-hybridized carbons (Fsp3) is 0.269. The highest BCUT2D eigenvalue weighted by Crippen LogP contribution is 2.40. The third kappa shape index (κ3) is 4.41. The van der Waals surface area contributed by atoms with E-state index in [2.05, 4.69) is 62.2 Å². The van der Waals surface area contributed by atoms with Gasteiger partial charge in [0.25, 0.3) is 0 Å². The van der Waals surface area contributed by atoms with E-state index in [-0.39, 0.29) is 5.91 Å². The molecule has 6 heteroatoms. The Kier molecular flexibility index (Phi) is 6.07. The SMILES string of the molecule is COc1ccc(-c2ccc(SCC(=O)N3c4cc(C)ccc4C(C)=CC3(C)C)nn2)cc1. The number of thioether (sulfide) groups is 1. The Labute approximate surface area is 193 Å². The third-order valence-electron chi connectivity index (χ3n) is 5.58. The van der Waals surface area contributed by atoms with Crippen LogP contribution < -0.4 is 9.64 Å². The molecule has 1 aromatic heterocycles. The first kappa shape index (κ1) is 22.1. The number of aromatic nitrogens is 2. The second-order valence-corrected chi connectivity index (χ2v) is 9.50. The highest BCUT2D eigenvalue weighted by atomic mass is 32.2. The summed E-state index contributed by atoms with van der Waals surface area (Å²) in [5, 5.41) is 9.38. The molecule has 0 unspecified atom stereocenters. The van der Waals surface area contributed by atoms with E-state index < -0.39 is 5.54 Å². The zero-order valence-corrected chi connectivity index (χ0v) is 19.9. The first-order valence-electron chi connectivity index (χ1n) is 10.5. The molecule has 1 amide bonds. The van der Waals surface area contributed by atoms with Gasteiger partial charge in [0.05, 0.1) is 29.8 Å². The molecular weight excluding hydrogens is 418 g/mol. The van der Waals surface area contributed by atoms with Crippen LogP contribution in [-0.2, 0) is 4.79 Å². The molecule has 2 heterocycles. The molecule has 3 aromatic rings. The van der Waals surface area contributed by atoms with Crippen molar-refractivity contribution in [3.05, 3.63) is 71.8 Å². The van der Waals surface area contributed by atoms with Crippen molar-refractivity contribution in [1.82, 2.24) is 10.2 Å². The molecule has 0 bridgehead atoms. The first-order chi connectivity index (χ1) is 15.3. The van der Waals surface area contributed by atoms with Crippen LogP contribution in [0.4, 0.5) is 5.69 Å². The Hall–Kier alpha value is -3.12. The van der Waals surface area contributed by atoms with Crippen molar-refractivity contribution in [2.45, 2.75) is 38.3 Å². The topological polar surface area (TPSA) is 55.3 Å². The minimum atomic E-state index is -0.396.